The highest BCUT2D eigenvalue weighted by Crippen LogP contribution is 2.68. The number of aromatic nitrogens is 1. The quantitative estimate of drug-likeness (QED) is 0.340. The van der Waals surface area contributed by atoms with Crippen molar-refractivity contribution in [2.24, 2.45) is 16.7 Å². The predicted molar refractivity (Wildman–Crippen MR) is 132 cm³/mol. The molecule has 0 unspecified atom stereocenters. The Bertz CT molecular complexity index is 1230. The van der Waals surface area contributed by atoms with Crippen molar-refractivity contribution in [2.75, 3.05) is 13.7 Å². The molecule has 1 aliphatic rings. The molecule has 0 bridgehead atoms. The molecule has 2 aromatic carbocycles. The third-order valence-corrected chi connectivity index (χ3v) is 7.75. The number of aryl methyl sites for hydroxylation is 1. The summed E-state index contributed by atoms with van der Waals surface area (Å²) in [6, 6.07) is 11.6. The number of hydrogen-bond donors (Lipinski definition) is 1. The molecule has 1 fully saturated rings. The molecule has 1 aliphatic carbocycles. The van der Waals surface area contributed by atoms with E-state index in [-0.39, 0.29) is 35.2 Å². The van der Waals surface area contributed by atoms with Gasteiger partial charge < -0.3 is 23.8 Å². The molecule has 192 valence electrons. The van der Waals surface area contributed by atoms with Crippen molar-refractivity contribution in [3.8, 4) is 28.6 Å². The Labute approximate surface area is 210 Å². The maximum atomic E-state index is 14.8. The summed E-state index contributed by atoms with van der Waals surface area (Å²) in [5.74, 6) is 0.522. The number of carboxylic acid groups (broad SMARTS) is 1. The van der Waals surface area contributed by atoms with E-state index in [1.807, 2.05) is 6.07 Å². The summed E-state index contributed by atoms with van der Waals surface area (Å²) in [7, 11) is 1.51. The van der Waals surface area contributed by atoms with Gasteiger partial charge in [-0.15, -0.1) is 0 Å². The van der Waals surface area contributed by atoms with Gasteiger partial charge >= 0.3 is 5.97 Å². The minimum Gasteiger partial charge on any atom is -0.497 e. The van der Waals surface area contributed by atoms with E-state index in [2.05, 4.69) is 32.9 Å². The number of aliphatic carboxylic acids is 1. The minimum atomic E-state index is -0.856. The first kappa shape index (κ1) is 25.5. The first-order chi connectivity index (χ1) is 17.0. The molecule has 0 saturated heterocycles. The van der Waals surface area contributed by atoms with Crippen LogP contribution in [0.5, 0.6) is 17.2 Å². The highest BCUT2D eigenvalue weighted by Gasteiger charge is 2.64. The second-order valence-corrected chi connectivity index (χ2v) is 10.3. The fourth-order valence-electron chi connectivity index (χ4n) is 4.64. The average Bonchev–Trinajstić information content (AvgIpc) is 3.10. The standard InChI is InChI=1S/C28H32FNO6/c1-27(2)23(28(27,3)4)16-35-26-22(15-34-19-8-6-7-17(13-19)9-12-24(31)32)30-36-25(26)20-14-18(33-5)10-11-21(20)29/h6-8,10-11,13-14,23H,9,12,15-16H2,1-5H3,(H,31,32). The lowest BCUT2D eigenvalue weighted by molar-refractivity contribution is -0.136. The summed E-state index contributed by atoms with van der Waals surface area (Å²) >= 11 is 0. The van der Waals surface area contributed by atoms with Crippen molar-refractivity contribution in [3.63, 3.8) is 0 Å². The van der Waals surface area contributed by atoms with Crippen molar-refractivity contribution in [3.05, 3.63) is 59.5 Å². The van der Waals surface area contributed by atoms with Crippen molar-refractivity contribution in [2.45, 2.75) is 47.1 Å². The van der Waals surface area contributed by atoms with Crippen LogP contribution in [0.15, 0.2) is 47.0 Å². The van der Waals surface area contributed by atoms with Gasteiger partial charge in [-0.1, -0.05) is 45.0 Å². The number of carboxylic acids is 1. The molecule has 1 aromatic heterocycles. The van der Waals surface area contributed by atoms with Gasteiger partial charge in [-0.2, -0.15) is 0 Å². The van der Waals surface area contributed by atoms with Gasteiger partial charge in [0.2, 0.25) is 5.76 Å². The van der Waals surface area contributed by atoms with Gasteiger partial charge in [0.1, 0.15) is 23.9 Å². The van der Waals surface area contributed by atoms with E-state index in [0.717, 1.165) is 5.56 Å². The molecule has 7 nitrogen and oxygen atoms in total. The van der Waals surface area contributed by atoms with Crippen LogP contribution in [-0.4, -0.2) is 29.9 Å². The Kier molecular flexibility index (Phi) is 6.98. The normalized spacial score (nSPS) is 15.9. The lowest BCUT2D eigenvalue weighted by atomic mass is 10.0. The molecule has 0 radical (unpaired) electrons. The van der Waals surface area contributed by atoms with E-state index in [9.17, 15) is 9.18 Å². The monoisotopic (exact) mass is 497 g/mol. The van der Waals surface area contributed by atoms with E-state index in [1.54, 1.807) is 24.3 Å². The maximum absolute atomic E-state index is 14.8. The molecular formula is C28H32FNO6. The molecule has 1 saturated carbocycles. The van der Waals surface area contributed by atoms with Gasteiger partial charge in [0.15, 0.2) is 11.4 Å². The lowest BCUT2D eigenvalue weighted by Gasteiger charge is -2.11. The number of ether oxygens (including phenoxy) is 3. The maximum Gasteiger partial charge on any atom is 0.303 e. The first-order valence-electron chi connectivity index (χ1n) is 11.9. The van der Waals surface area contributed by atoms with E-state index in [4.69, 9.17) is 23.8 Å². The zero-order valence-corrected chi connectivity index (χ0v) is 21.3. The van der Waals surface area contributed by atoms with Crippen LogP contribution in [0.2, 0.25) is 0 Å². The van der Waals surface area contributed by atoms with E-state index in [1.165, 1.54) is 19.2 Å². The first-order valence-corrected chi connectivity index (χ1v) is 11.9. The third kappa shape index (κ3) is 5.03. The largest absolute Gasteiger partial charge is 0.497 e. The molecule has 0 aliphatic heterocycles. The van der Waals surface area contributed by atoms with Crippen LogP contribution in [0.25, 0.3) is 11.3 Å². The second kappa shape index (κ2) is 9.84. The number of hydrogen-bond acceptors (Lipinski definition) is 6. The van der Waals surface area contributed by atoms with Crippen LogP contribution in [-0.2, 0) is 17.8 Å². The van der Waals surface area contributed by atoms with Gasteiger partial charge in [-0.25, -0.2) is 4.39 Å². The zero-order chi connectivity index (χ0) is 26.1. The molecule has 3 aromatic rings. The smallest absolute Gasteiger partial charge is 0.303 e. The van der Waals surface area contributed by atoms with Gasteiger partial charge in [-0.05, 0) is 53.1 Å². The SMILES string of the molecule is COc1ccc(F)c(-c2onc(COc3cccc(CCC(=O)O)c3)c2OCC2C(C)(C)C2(C)C)c1. The Hall–Kier alpha value is -3.55. The molecule has 8 heteroatoms. The molecule has 0 amide bonds. The summed E-state index contributed by atoms with van der Waals surface area (Å²) < 4.78 is 37.8. The Morgan fingerprint density at radius 3 is 2.50 bits per heavy atom. The van der Waals surface area contributed by atoms with Gasteiger partial charge in [0.05, 0.1) is 19.3 Å². The van der Waals surface area contributed by atoms with E-state index in [0.29, 0.717) is 41.9 Å². The second-order valence-electron chi connectivity index (χ2n) is 10.3. The number of benzene rings is 2. The fourth-order valence-corrected chi connectivity index (χ4v) is 4.64. The van der Waals surface area contributed by atoms with Crippen LogP contribution < -0.4 is 14.2 Å². The van der Waals surface area contributed by atoms with Crippen LogP contribution >= 0.6 is 0 Å². The highest BCUT2D eigenvalue weighted by molar-refractivity contribution is 5.68. The molecule has 1 N–H and O–H groups in total. The summed E-state index contributed by atoms with van der Waals surface area (Å²) in [6.45, 7) is 9.29. The Morgan fingerprint density at radius 1 is 1.08 bits per heavy atom. The highest BCUT2D eigenvalue weighted by atomic mass is 19.1. The van der Waals surface area contributed by atoms with Crippen LogP contribution in [0, 0.1) is 22.6 Å². The number of methoxy groups -OCH3 is 1. The molecular weight excluding hydrogens is 465 g/mol. The Morgan fingerprint density at radius 2 is 1.83 bits per heavy atom. The molecule has 4 rings (SSSR count). The summed E-state index contributed by atoms with van der Waals surface area (Å²) in [5, 5.41) is 13.1. The number of nitrogens with zero attached hydrogens (tertiary/aromatic N) is 1. The molecule has 36 heavy (non-hydrogen) atoms. The number of carbonyl (C=O) groups is 1. The lowest BCUT2D eigenvalue weighted by Crippen LogP contribution is -2.08. The van der Waals surface area contributed by atoms with Gasteiger partial charge in [0.25, 0.3) is 0 Å². The predicted octanol–water partition coefficient (Wildman–Crippen LogP) is 6.15. The van der Waals surface area contributed by atoms with E-state index >= 15 is 0 Å². The van der Waals surface area contributed by atoms with Gasteiger partial charge in [-0.3, -0.25) is 4.79 Å². The van der Waals surface area contributed by atoms with Crippen molar-refractivity contribution >= 4 is 5.97 Å². The van der Waals surface area contributed by atoms with Crippen molar-refractivity contribution < 1.29 is 33.0 Å². The fraction of sp³-hybridized carbons (Fsp3) is 0.429. The third-order valence-electron chi connectivity index (χ3n) is 7.75. The average molecular weight is 498 g/mol. The van der Waals surface area contributed by atoms with Crippen molar-refractivity contribution in [1.82, 2.24) is 5.16 Å². The number of rotatable bonds is 11. The van der Waals surface area contributed by atoms with Crippen LogP contribution in [0.3, 0.4) is 0 Å². The topological polar surface area (TPSA) is 91.0 Å². The summed E-state index contributed by atoms with van der Waals surface area (Å²) in [4.78, 5) is 10.9. The number of halogens is 1. The van der Waals surface area contributed by atoms with Crippen LogP contribution in [0.1, 0.15) is 45.4 Å². The molecule has 1 heterocycles. The minimum absolute atomic E-state index is 0.0320. The molecule has 0 spiro atoms. The molecule has 0 atom stereocenters. The summed E-state index contributed by atoms with van der Waals surface area (Å²) in [6.07, 6.45) is 0.436. The van der Waals surface area contributed by atoms with Crippen LogP contribution in [0.4, 0.5) is 4.39 Å². The van der Waals surface area contributed by atoms with Gasteiger partial charge in [0, 0.05) is 12.3 Å². The summed E-state index contributed by atoms with van der Waals surface area (Å²) in [5.41, 5.74) is 1.66. The zero-order valence-electron chi connectivity index (χ0n) is 21.3. The van der Waals surface area contributed by atoms with E-state index < -0.39 is 11.8 Å². The Balaban J connectivity index is 1.59. The van der Waals surface area contributed by atoms with Crippen molar-refractivity contribution in [1.29, 1.82) is 0 Å².